The lowest BCUT2D eigenvalue weighted by Gasteiger charge is -2.31. The topological polar surface area (TPSA) is 68.2 Å². The Morgan fingerprint density at radius 3 is 3.24 bits per heavy atom. The molecule has 1 unspecified atom stereocenters. The van der Waals surface area contributed by atoms with Crippen LogP contribution < -0.4 is 5.73 Å². The Kier molecular flexibility index (Phi) is 5.00. The molecule has 0 amide bonds. The van der Waals surface area contributed by atoms with E-state index in [0.717, 1.165) is 43.2 Å². The third kappa shape index (κ3) is 3.90. The van der Waals surface area contributed by atoms with Gasteiger partial charge in [-0.05, 0) is 56.3 Å². The van der Waals surface area contributed by atoms with Crippen LogP contribution in [0.4, 0.5) is 0 Å². The molecule has 21 heavy (non-hydrogen) atoms. The van der Waals surface area contributed by atoms with Crippen molar-refractivity contribution in [2.45, 2.75) is 25.7 Å². The predicted octanol–water partition coefficient (Wildman–Crippen LogP) is 2.40. The summed E-state index contributed by atoms with van der Waals surface area (Å²) < 4.78 is 5.33. The van der Waals surface area contributed by atoms with Crippen LogP contribution in [0.25, 0.3) is 10.7 Å². The normalized spacial score (nSPS) is 20.0. The van der Waals surface area contributed by atoms with Crippen molar-refractivity contribution in [3.05, 3.63) is 23.4 Å². The lowest BCUT2D eigenvalue weighted by Crippen LogP contribution is -2.38. The molecule has 0 radical (unpaired) electrons. The van der Waals surface area contributed by atoms with E-state index in [9.17, 15) is 0 Å². The molecule has 3 heterocycles. The number of nitrogens with zero attached hydrogens (tertiary/aromatic N) is 3. The van der Waals surface area contributed by atoms with E-state index in [4.69, 9.17) is 10.3 Å². The zero-order valence-electron chi connectivity index (χ0n) is 12.2. The van der Waals surface area contributed by atoms with Gasteiger partial charge in [-0.15, -0.1) is 11.3 Å². The molecule has 5 nitrogen and oxygen atoms in total. The standard InChI is InChI=1S/C15H22N4OS/c16-10-12-4-1-7-19(11-12)8-2-6-14-17-15(18-20-14)13-5-3-9-21-13/h3,5,9,12H,1-2,4,6-8,10-11,16H2. The Morgan fingerprint density at radius 2 is 2.43 bits per heavy atom. The Morgan fingerprint density at radius 1 is 1.48 bits per heavy atom. The Bertz CT molecular complexity index is 540. The summed E-state index contributed by atoms with van der Waals surface area (Å²) in [5, 5.41) is 6.07. The van der Waals surface area contributed by atoms with Crippen LogP contribution in [0.3, 0.4) is 0 Å². The molecule has 0 bridgehead atoms. The number of rotatable bonds is 6. The second-order valence-corrected chi connectivity index (χ2v) is 6.58. The summed E-state index contributed by atoms with van der Waals surface area (Å²) in [7, 11) is 0. The number of aromatic nitrogens is 2. The zero-order chi connectivity index (χ0) is 14.5. The van der Waals surface area contributed by atoms with Gasteiger partial charge < -0.3 is 15.2 Å². The minimum Gasteiger partial charge on any atom is -0.339 e. The molecule has 2 aromatic heterocycles. The van der Waals surface area contributed by atoms with Crippen molar-refractivity contribution >= 4 is 11.3 Å². The maximum Gasteiger partial charge on any atom is 0.227 e. The quantitative estimate of drug-likeness (QED) is 0.887. The molecule has 1 aliphatic heterocycles. The number of thiophene rings is 1. The summed E-state index contributed by atoms with van der Waals surface area (Å²) >= 11 is 1.63. The molecular formula is C15H22N4OS. The Balaban J connectivity index is 1.45. The minimum absolute atomic E-state index is 0.674. The van der Waals surface area contributed by atoms with E-state index >= 15 is 0 Å². The number of aryl methyl sites for hydroxylation is 1. The molecule has 1 saturated heterocycles. The fourth-order valence-electron chi connectivity index (χ4n) is 2.86. The van der Waals surface area contributed by atoms with Gasteiger partial charge in [-0.2, -0.15) is 4.98 Å². The third-order valence-corrected chi connectivity index (χ3v) is 4.88. The first-order chi connectivity index (χ1) is 10.3. The molecule has 6 heteroatoms. The van der Waals surface area contributed by atoms with E-state index in [2.05, 4.69) is 15.0 Å². The summed E-state index contributed by atoms with van der Waals surface area (Å²) in [6.45, 7) is 4.24. The van der Waals surface area contributed by atoms with Gasteiger partial charge in [0.2, 0.25) is 11.7 Å². The average molecular weight is 306 g/mol. The maximum absolute atomic E-state index is 5.78. The van der Waals surface area contributed by atoms with Crippen molar-refractivity contribution in [3.63, 3.8) is 0 Å². The van der Waals surface area contributed by atoms with Gasteiger partial charge >= 0.3 is 0 Å². The largest absolute Gasteiger partial charge is 0.339 e. The third-order valence-electron chi connectivity index (χ3n) is 4.01. The molecule has 0 aromatic carbocycles. The van der Waals surface area contributed by atoms with E-state index in [1.54, 1.807) is 11.3 Å². The summed E-state index contributed by atoms with van der Waals surface area (Å²) in [4.78, 5) is 8.03. The molecule has 2 N–H and O–H groups in total. The van der Waals surface area contributed by atoms with Crippen molar-refractivity contribution < 1.29 is 4.52 Å². The van der Waals surface area contributed by atoms with E-state index in [1.165, 1.54) is 19.4 Å². The van der Waals surface area contributed by atoms with Crippen molar-refractivity contribution in [1.29, 1.82) is 0 Å². The minimum atomic E-state index is 0.674. The van der Waals surface area contributed by atoms with Crippen LogP contribution in [0.15, 0.2) is 22.0 Å². The van der Waals surface area contributed by atoms with Gasteiger partial charge in [0.1, 0.15) is 0 Å². The van der Waals surface area contributed by atoms with Crippen molar-refractivity contribution in [2.24, 2.45) is 11.7 Å². The molecule has 114 valence electrons. The van der Waals surface area contributed by atoms with Gasteiger partial charge in [0, 0.05) is 13.0 Å². The number of nitrogens with two attached hydrogens (primary N) is 1. The van der Waals surface area contributed by atoms with E-state index in [0.29, 0.717) is 11.7 Å². The second kappa shape index (κ2) is 7.15. The van der Waals surface area contributed by atoms with Crippen LogP contribution in [0, 0.1) is 5.92 Å². The van der Waals surface area contributed by atoms with E-state index < -0.39 is 0 Å². The summed E-state index contributed by atoms with van der Waals surface area (Å²) in [6.07, 6.45) is 4.46. The molecule has 3 rings (SSSR count). The number of likely N-dealkylation sites (tertiary alicyclic amines) is 1. The molecule has 0 spiro atoms. The molecular weight excluding hydrogens is 284 g/mol. The van der Waals surface area contributed by atoms with Gasteiger partial charge in [-0.1, -0.05) is 11.2 Å². The molecule has 1 atom stereocenters. The number of hydrogen-bond donors (Lipinski definition) is 1. The van der Waals surface area contributed by atoms with Crippen LogP contribution in [-0.2, 0) is 6.42 Å². The molecule has 0 saturated carbocycles. The van der Waals surface area contributed by atoms with Gasteiger partial charge in [-0.3, -0.25) is 0 Å². The molecule has 0 aliphatic carbocycles. The van der Waals surface area contributed by atoms with E-state index in [-0.39, 0.29) is 0 Å². The average Bonchev–Trinajstić information content (AvgIpc) is 3.18. The summed E-state index contributed by atoms with van der Waals surface area (Å²) in [5.74, 6) is 2.12. The molecule has 1 aliphatic rings. The maximum atomic E-state index is 5.78. The van der Waals surface area contributed by atoms with Gasteiger partial charge in [0.15, 0.2) is 0 Å². The van der Waals surface area contributed by atoms with Crippen molar-refractivity contribution in [3.8, 4) is 10.7 Å². The Hall–Kier alpha value is -1.24. The number of hydrogen-bond acceptors (Lipinski definition) is 6. The number of piperidine rings is 1. The smallest absolute Gasteiger partial charge is 0.227 e. The van der Waals surface area contributed by atoms with Crippen LogP contribution >= 0.6 is 11.3 Å². The monoisotopic (exact) mass is 306 g/mol. The van der Waals surface area contributed by atoms with E-state index in [1.807, 2.05) is 17.5 Å². The first-order valence-electron chi connectivity index (χ1n) is 7.64. The first-order valence-corrected chi connectivity index (χ1v) is 8.52. The van der Waals surface area contributed by atoms with Gasteiger partial charge in [0.25, 0.3) is 0 Å². The molecule has 1 fully saturated rings. The van der Waals surface area contributed by atoms with Crippen molar-refractivity contribution in [1.82, 2.24) is 15.0 Å². The van der Waals surface area contributed by atoms with Crippen LogP contribution in [0.1, 0.15) is 25.2 Å². The summed E-state index contributed by atoms with van der Waals surface area (Å²) in [5.41, 5.74) is 5.78. The van der Waals surface area contributed by atoms with Gasteiger partial charge in [-0.25, -0.2) is 0 Å². The Labute approximate surface area is 129 Å². The first kappa shape index (κ1) is 14.7. The van der Waals surface area contributed by atoms with Crippen LogP contribution in [-0.4, -0.2) is 41.2 Å². The SMILES string of the molecule is NCC1CCCN(CCCc2nc(-c3cccs3)no2)C1. The summed E-state index contributed by atoms with van der Waals surface area (Å²) in [6, 6.07) is 4.01. The zero-order valence-corrected chi connectivity index (χ0v) is 13.0. The fraction of sp³-hybridized carbons (Fsp3) is 0.600. The predicted molar refractivity (Wildman–Crippen MR) is 84.2 cm³/mol. The highest BCUT2D eigenvalue weighted by molar-refractivity contribution is 7.13. The van der Waals surface area contributed by atoms with Gasteiger partial charge in [0.05, 0.1) is 4.88 Å². The highest BCUT2D eigenvalue weighted by Crippen LogP contribution is 2.21. The highest BCUT2D eigenvalue weighted by Gasteiger charge is 2.18. The van der Waals surface area contributed by atoms with Crippen LogP contribution in [0.2, 0.25) is 0 Å². The van der Waals surface area contributed by atoms with Crippen molar-refractivity contribution in [2.75, 3.05) is 26.2 Å². The lowest BCUT2D eigenvalue weighted by atomic mass is 9.98. The highest BCUT2D eigenvalue weighted by atomic mass is 32.1. The van der Waals surface area contributed by atoms with Crippen LogP contribution in [0.5, 0.6) is 0 Å². The lowest BCUT2D eigenvalue weighted by molar-refractivity contribution is 0.175. The second-order valence-electron chi connectivity index (χ2n) is 5.64. The fourth-order valence-corrected chi connectivity index (χ4v) is 3.51. The molecule has 2 aromatic rings.